The summed E-state index contributed by atoms with van der Waals surface area (Å²) in [6.07, 6.45) is 0. The van der Waals surface area contributed by atoms with Gasteiger partial charge in [0.25, 0.3) is 5.91 Å². The van der Waals surface area contributed by atoms with Crippen molar-refractivity contribution in [3.8, 4) is 0 Å². The van der Waals surface area contributed by atoms with Crippen molar-refractivity contribution in [1.82, 2.24) is 4.90 Å². The lowest BCUT2D eigenvalue weighted by Crippen LogP contribution is -2.30. The fraction of sp³-hybridized carbons (Fsp3) is 0.214. The molecule has 1 amide bonds. The van der Waals surface area contributed by atoms with E-state index in [4.69, 9.17) is 10.2 Å². The van der Waals surface area contributed by atoms with Crippen LogP contribution in [0.25, 0.3) is 0 Å². The lowest BCUT2D eigenvalue weighted by molar-refractivity contribution is 0.0719. The van der Waals surface area contributed by atoms with E-state index in [2.05, 4.69) is 15.9 Å². The zero-order valence-electron chi connectivity index (χ0n) is 10.6. The maximum Gasteiger partial charge on any atom is 0.289 e. The van der Waals surface area contributed by atoms with Crippen LogP contribution in [-0.2, 0) is 6.54 Å². The molecule has 0 aliphatic rings. The Labute approximate surface area is 120 Å². The number of benzene rings is 1. The predicted molar refractivity (Wildman–Crippen MR) is 77.7 cm³/mol. The van der Waals surface area contributed by atoms with Crippen molar-refractivity contribution < 1.29 is 9.21 Å². The van der Waals surface area contributed by atoms with Gasteiger partial charge in [-0.25, -0.2) is 0 Å². The summed E-state index contributed by atoms with van der Waals surface area (Å²) >= 11 is 3.19. The highest BCUT2D eigenvalue weighted by molar-refractivity contribution is 9.10. The minimum atomic E-state index is -0.129. The molecule has 100 valence electrons. The zero-order chi connectivity index (χ0) is 13.8. The van der Waals surface area contributed by atoms with E-state index in [0.29, 0.717) is 29.2 Å². The third kappa shape index (κ3) is 3.38. The summed E-state index contributed by atoms with van der Waals surface area (Å²) in [5, 5.41) is 0. The quantitative estimate of drug-likeness (QED) is 0.879. The molecular formula is C14H15BrN2O2. The number of hydrogen-bond acceptors (Lipinski definition) is 3. The molecule has 1 heterocycles. The molecule has 0 aliphatic carbocycles. The van der Waals surface area contributed by atoms with Gasteiger partial charge in [-0.3, -0.25) is 4.79 Å². The summed E-state index contributed by atoms with van der Waals surface area (Å²) in [5.41, 5.74) is 7.43. The van der Waals surface area contributed by atoms with E-state index in [0.717, 1.165) is 5.56 Å². The van der Waals surface area contributed by atoms with E-state index in [9.17, 15) is 4.79 Å². The van der Waals surface area contributed by atoms with Crippen LogP contribution in [0, 0.1) is 0 Å². The van der Waals surface area contributed by atoms with E-state index in [1.807, 2.05) is 31.2 Å². The first kappa shape index (κ1) is 13.7. The fourth-order valence-electron chi connectivity index (χ4n) is 1.82. The number of furan rings is 1. The number of nitrogens with two attached hydrogens (primary N) is 1. The number of carbonyl (C=O) groups is 1. The number of rotatable bonds is 4. The molecule has 2 aromatic rings. The first-order chi connectivity index (χ1) is 9.10. The molecule has 19 heavy (non-hydrogen) atoms. The monoisotopic (exact) mass is 322 g/mol. The van der Waals surface area contributed by atoms with Gasteiger partial charge in [0.1, 0.15) is 0 Å². The van der Waals surface area contributed by atoms with Crippen molar-refractivity contribution in [3.05, 3.63) is 52.4 Å². The number of nitrogen functional groups attached to an aromatic ring is 1. The Balaban J connectivity index is 2.14. The van der Waals surface area contributed by atoms with Gasteiger partial charge < -0.3 is 15.1 Å². The summed E-state index contributed by atoms with van der Waals surface area (Å²) in [4.78, 5) is 14.0. The van der Waals surface area contributed by atoms with Gasteiger partial charge in [0, 0.05) is 18.8 Å². The molecule has 2 rings (SSSR count). The zero-order valence-corrected chi connectivity index (χ0v) is 12.2. The Morgan fingerprint density at radius 3 is 2.74 bits per heavy atom. The van der Waals surface area contributed by atoms with Crippen molar-refractivity contribution in [2.45, 2.75) is 13.5 Å². The molecule has 2 N–H and O–H groups in total. The molecule has 0 unspecified atom stereocenters. The summed E-state index contributed by atoms with van der Waals surface area (Å²) in [7, 11) is 0. The number of anilines is 1. The Bertz CT molecular complexity index is 580. The van der Waals surface area contributed by atoms with Crippen LogP contribution in [0.5, 0.6) is 0 Å². The Morgan fingerprint density at radius 2 is 2.16 bits per heavy atom. The van der Waals surface area contributed by atoms with Gasteiger partial charge in [-0.05, 0) is 52.7 Å². The van der Waals surface area contributed by atoms with E-state index in [1.165, 1.54) is 0 Å². The average molecular weight is 323 g/mol. The highest BCUT2D eigenvalue weighted by Crippen LogP contribution is 2.17. The molecule has 0 radical (unpaired) electrons. The maximum absolute atomic E-state index is 12.3. The highest BCUT2D eigenvalue weighted by Gasteiger charge is 2.17. The van der Waals surface area contributed by atoms with Crippen molar-refractivity contribution in [2.24, 2.45) is 0 Å². The number of carbonyl (C=O) groups excluding carboxylic acids is 1. The van der Waals surface area contributed by atoms with Crippen LogP contribution in [0.2, 0.25) is 0 Å². The third-order valence-corrected chi connectivity index (χ3v) is 3.20. The van der Waals surface area contributed by atoms with Crippen LogP contribution in [0.4, 0.5) is 5.69 Å². The van der Waals surface area contributed by atoms with Crippen LogP contribution in [0.15, 0.2) is 45.5 Å². The third-order valence-electron chi connectivity index (χ3n) is 2.78. The second-order valence-corrected chi connectivity index (χ2v) is 4.95. The van der Waals surface area contributed by atoms with Crippen molar-refractivity contribution in [1.29, 1.82) is 0 Å². The molecule has 0 fully saturated rings. The second-order valence-electron chi connectivity index (χ2n) is 4.17. The number of halogens is 1. The number of amides is 1. The van der Waals surface area contributed by atoms with E-state index < -0.39 is 0 Å². The SMILES string of the molecule is CCN(Cc1cccc(N)c1)C(=O)c1ccc(Br)o1. The molecule has 0 bridgehead atoms. The molecule has 0 atom stereocenters. The Morgan fingerprint density at radius 1 is 1.37 bits per heavy atom. The van der Waals surface area contributed by atoms with Crippen molar-refractivity contribution in [3.63, 3.8) is 0 Å². The second kappa shape index (κ2) is 5.93. The molecule has 1 aromatic carbocycles. The maximum atomic E-state index is 12.3. The molecule has 1 aromatic heterocycles. The van der Waals surface area contributed by atoms with E-state index >= 15 is 0 Å². The first-order valence-electron chi connectivity index (χ1n) is 5.99. The summed E-state index contributed by atoms with van der Waals surface area (Å²) in [6.45, 7) is 3.05. The largest absolute Gasteiger partial charge is 0.444 e. The van der Waals surface area contributed by atoms with E-state index in [1.54, 1.807) is 17.0 Å². The molecular weight excluding hydrogens is 308 g/mol. The normalized spacial score (nSPS) is 10.4. The van der Waals surface area contributed by atoms with Gasteiger partial charge >= 0.3 is 0 Å². The smallest absolute Gasteiger partial charge is 0.289 e. The minimum Gasteiger partial charge on any atom is -0.444 e. The first-order valence-corrected chi connectivity index (χ1v) is 6.78. The lowest BCUT2D eigenvalue weighted by Gasteiger charge is -2.19. The van der Waals surface area contributed by atoms with Crippen LogP contribution in [0.1, 0.15) is 23.0 Å². The van der Waals surface area contributed by atoms with Gasteiger partial charge in [-0.2, -0.15) is 0 Å². The summed E-state index contributed by atoms with van der Waals surface area (Å²) < 4.78 is 5.84. The van der Waals surface area contributed by atoms with Crippen molar-refractivity contribution >= 4 is 27.5 Å². The van der Waals surface area contributed by atoms with Crippen LogP contribution >= 0.6 is 15.9 Å². The molecule has 0 aliphatic heterocycles. The molecule has 4 nitrogen and oxygen atoms in total. The average Bonchev–Trinajstić information content (AvgIpc) is 2.82. The van der Waals surface area contributed by atoms with Gasteiger partial charge in [-0.1, -0.05) is 12.1 Å². The Hall–Kier alpha value is -1.75. The molecule has 0 saturated carbocycles. The van der Waals surface area contributed by atoms with Gasteiger partial charge in [0.05, 0.1) is 0 Å². The van der Waals surface area contributed by atoms with Gasteiger partial charge in [-0.15, -0.1) is 0 Å². The van der Waals surface area contributed by atoms with Crippen LogP contribution in [0.3, 0.4) is 0 Å². The van der Waals surface area contributed by atoms with E-state index in [-0.39, 0.29) is 5.91 Å². The number of hydrogen-bond donors (Lipinski definition) is 1. The highest BCUT2D eigenvalue weighted by atomic mass is 79.9. The Kier molecular flexibility index (Phi) is 4.27. The molecule has 0 saturated heterocycles. The topological polar surface area (TPSA) is 59.5 Å². The minimum absolute atomic E-state index is 0.129. The number of nitrogens with zero attached hydrogens (tertiary/aromatic N) is 1. The standard InChI is InChI=1S/C14H15BrN2O2/c1-2-17(9-10-4-3-5-11(16)8-10)14(18)12-6-7-13(15)19-12/h3-8H,2,9,16H2,1H3. The van der Waals surface area contributed by atoms with Gasteiger partial charge in [0.15, 0.2) is 10.4 Å². The predicted octanol–water partition coefficient (Wildman–Crippen LogP) is 3.29. The van der Waals surface area contributed by atoms with Crippen molar-refractivity contribution in [2.75, 3.05) is 12.3 Å². The van der Waals surface area contributed by atoms with Gasteiger partial charge in [0.2, 0.25) is 0 Å². The summed E-state index contributed by atoms with van der Waals surface area (Å²) in [5.74, 6) is 0.202. The molecule has 5 heteroatoms. The van der Waals surface area contributed by atoms with Crippen LogP contribution < -0.4 is 5.73 Å². The van der Waals surface area contributed by atoms with Crippen LogP contribution in [-0.4, -0.2) is 17.4 Å². The summed E-state index contributed by atoms with van der Waals surface area (Å²) in [6, 6.07) is 10.9. The fourth-order valence-corrected chi connectivity index (χ4v) is 2.13. The lowest BCUT2D eigenvalue weighted by atomic mass is 10.2. The molecule has 0 spiro atoms.